The van der Waals surface area contributed by atoms with Gasteiger partial charge in [-0.3, -0.25) is 9.59 Å². The van der Waals surface area contributed by atoms with Crippen LogP contribution in [0.3, 0.4) is 0 Å². The number of hydrogen-bond acceptors (Lipinski definition) is 2. The van der Waals surface area contributed by atoms with Crippen LogP contribution in [0.15, 0.2) is 48.5 Å². The third-order valence-corrected chi connectivity index (χ3v) is 3.67. The summed E-state index contributed by atoms with van der Waals surface area (Å²) in [4.78, 5) is 23.2. The van der Waals surface area contributed by atoms with Crippen molar-refractivity contribution in [3.8, 4) is 0 Å². The van der Waals surface area contributed by atoms with Gasteiger partial charge in [-0.05, 0) is 48.5 Å². The number of carbonyl (C=O) groups is 2. The van der Waals surface area contributed by atoms with Crippen molar-refractivity contribution >= 4 is 46.4 Å². The molecule has 2 aromatic rings. The molecule has 0 saturated carbocycles. The van der Waals surface area contributed by atoms with Gasteiger partial charge in [-0.1, -0.05) is 23.2 Å². The molecule has 4 nitrogen and oxygen atoms in total. The Bertz CT molecular complexity index is 743. The lowest BCUT2D eigenvalue weighted by Crippen LogP contribution is -2.56. The third kappa shape index (κ3) is 4.25. The molecular formula is C16H10Cl2F4N2O2. The largest absolute Gasteiger partial charge is 0.396 e. The van der Waals surface area contributed by atoms with Crippen LogP contribution < -0.4 is 10.6 Å². The standard InChI is InChI=1S/C16H10Cl2F4N2O2/c17-9-1-5-11(6-2-9)23-13(25)15(19,20)16(21,22)14(26)24-12-7-3-10(18)4-8-12/h1-8H,(H,23,25)(H,24,26). The Morgan fingerprint density at radius 2 is 0.923 bits per heavy atom. The highest BCUT2D eigenvalue weighted by Gasteiger charge is 2.67. The summed E-state index contributed by atoms with van der Waals surface area (Å²) in [5, 5.41) is 3.74. The Morgan fingerprint density at radius 1 is 0.654 bits per heavy atom. The minimum Gasteiger partial charge on any atom is -0.321 e. The zero-order chi connectivity index (χ0) is 19.5. The van der Waals surface area contributed by atoms with Crippen molar-refractivity contribution in [3.05, 3.63) is 58.6 Å². The van der Waals surface area contributed by atoms with E-state index >= 15 is 0 Å². The first-order chi connectivity index (χ1) is 12.0. The molecule has 2 amide bonds. The first-order valence-corrected chi connectivity index (χ1v) is 7.69. The molecule has 0 aliphatic heterocycles. The molecule has 0 atom stereocenters. The molecule has 138 valence electrons. The molecule has 0 unspecified atom stereocenters. The van der Waals surface area contributed by atoms with Gasteiger partial charge in [0.1, 0.15) is 0 Å². The fraction of sp³-hybridized carbons (Fsp3) is 0.125. The van der Waals surface area contributed by atoms with Gasteiger partial charge in [0.15, 0.2) is 0 Å². The van der Waals surface area contributed by atoms with Crippen molar-refractivity contribution in [2.24, 2.45) is 0 Å². The topological polar surface area (TPSA) is 58.2 Å². The van der Waals surface area contributed by atoms with Crippen molar-refractivity contribution in [3.63, 3.8) is 0 Å². The van der Waals surface area contributed by atoms with Crippen molar-refractivity contribution in [2.45, 2.75) is 11.8 Å². The van der Waals surface area contributed by atoms with Gasteiger partial charge in [-0.2, -0.15) is 17.6 Å². The lowest BCUT2D eigenvalue weighted by atomic mass is 10.1. The number of halogens is 6. The second kappa shape index (κ2) is 7.51. The number of anilines is 2. The molecule has 0 bridgehead atoms. The van der Waals surface area contributed by atoms with Gasteiger partial charge in [0, 0.05) is 21.4 Å². The first kappa shape index (κ1) is 20.0. The molecule has 10 heteroatoms. The molecule has 0 aliphatic carbocycles. The number of nitrogens with one attached hydrogen (secondary N) is 2. The number of carbonyl (C=O) groups excluding carboxylic acids is 2. The van der Waals surface area contributed by atoms with E-state index in [1.807, 2.05) is 0 Å². The van der Waals surface area contributed by atoms with Crippen molar-refractivity contribution in [2.75, 3.05) is 10.6 Å². The van der Waals surface area contributed by atoms with Gasteiger partial charge in [-0.15, -0.1) is 0 Å². The van der Waals surface area contributed by atoms with Crippen LogP contribution >= 0.6 is 23.2 Å². The summed E-state index contributed by atoms with van der Waals surface area (Å²) in [7, 11) is 0. The normalized spacial score (nSPS) is 11.8. The summed E-state index contributed by atoms with van der Waals surface area (Å²) >= 11 is 11.2. The smallest absolute Gasteiger partial charge is 0.321 e. The highest BCUT2D eigenvalue weighted by Crippen LogP contribution is 2.36. The van der Waals surface area contributed by atoms with E-state index in [9.17, 15) is 27.2 Å². The molecule has 0 saturated heterocycles. The molecule has 0 radical (unpaired) electrons. The highest BCUT2D eigenvalue weighted by molar-refractivity contribution is 6.31. The molecule has 2 rings (SSSR count). The van der Waals surface area contributed by atoms with Crippen LogP contribution in [0, 0.1) is 0 Å². The lowest BCUT2D eigenvalue weighted by Gasteiger charge is -2.24. The fourth-order valence-electron chi connectivity index (χ4n) is 1.77. The minimum absolute atomic E-state index is 0.187. The molecule has 2 N–H and O–H groups in total. The summed E-state index contributed by atoms with van der Waals surface area (Å²) in [6, 6.07) is 9.62. The number of rotatable bonds is 5. The fourth-order valence-corrected chi connectivity index (χ4v) is 2.02. The summed E-state index contributed by atoms with van der Waals surface area (Å²) < 4.78 is 55.6. The molecule has 26 heavy (non-hydrogen) atoms. The lowest BCUT2D eigenvalue weighted by molar-refractivity contribution is -0.204. The third-order valence-electron chi connectivity index (χ3n) is 3.17. The van der Waals surface area contributed by atoms with E-state index in [4.69, 9.17) is 23.2 Å². The molecule has 0 heterocycles. The van der Waals surface area contributed by atoms with Gasteiger partial charge in [-0.25, -0.2) is 0 Å². The van der Waals surface area contributed by atoms with Crippen molar-refractivity contribution < 1.29 is 27.2 Å². The van der Waals surface area contributed by atoms with Crippen molar-refractivity contribution in [1.29, 1.82) is 0 Å². The Labute approximate surface area is 155 Å². The van der Waals surface area contributed by atoms with E-state index in [0.29, 0.717) is 0 Å². The van der Waals surface area contributed by atoms with Crippen LogP contribution in [0.25, 0.3) is 0 Å². The predicted octanol–water partition coefficient (Wildman–Crippen LogP) is 4.84. The van der Waals surface area contributed by atoms with Crippen LogP contribution in [-0.2, 0) is 9.59 Å². The predicted molar refractivity (Wildman–Crippen MR) is 90.1 cm³/mol. The first-order valence-electron chi connectivity index (χ1n) is 6.93. The summed E-state index contributed by atoms with van der Waals surface area (Å²) in [5.74, 6) is -15.3. The van der Waals surface area contributed by atoms with Gasteiger partial charge in [0.05, 0.1) is 0 Å². The van der Waals surface area contributed by atoms with Crippen LogP contribution in [0.4, 0.5) is 28.9 Å². The van der Waals surface area contributed by atoms with Gasteiger partial charge < -0.3 is 10.6 Å². The van der Waals surface area contributed by atoms with E-state index in [-0.39, 0.29) is 21.4 Å². The molecule has 0 fully saturated rings. The average Bonchev–Trinajstić information content (AvgIpc) is 2.58. The quantitative estimate of drug-likeness (QED) is 0.695. The highest BCUT2D eigenvalue weighted by atomic mass is 35.5. The molecule has 2 aromatic carbocycles. The maximum absolute atomic E-state index is 13.9. The Morgan fingerprint density at radius 3 is 1.19 bits per heavy atom. The zero-order valence-corrected chi connectivity index (χ0v) is 14.2. The van der Waals surface area contributed by atoms with Crippen LogP contribution in [-0.4, -0.2) is 23.7 Å². The molecule has 0 spiro atoms. The Kier molecular flexibility index (Phi) is 5.77. The zero-order valence-electron chi connectivity index (χ0n) is 12.7. The number of benzene rings is 2. The van der Waals surface area contributed by atoms with Gasteiger partial charge in [0.25, 0.3) is 0 Å². The monoisotopic (exact) mass is 408 g/mol. The second-order valence-electron chi connectivity index (χ2n) is 5.07. The van der Waals surface area contributed by atoms with Crippen LogP contribution in [0.2, 0.25) is 10.0 Å². The maximum atomic E-state index is 13.9. The molecule has 0 aromatic heterocycles. The van der Waals surface area contributed by atoms with E-state index in [1.165, 1.54) is 24.3 Å². The second-order valence-corrected chi connectivity index (χ2v) is 5.94. The summed E-state index contributed by atoms with van der Waals surface area (Å²) in [6.45, 7) is 0. The maximum Gasteiger partial charge on any atom is 0.396 e. The van der Waals surface area contributed by atoms with Crippen LogP contribution in [0.1, 0.15) is 0 Å². The SMILES string of the molecule is O=C(Nc1ccc(Cl)cc1)C(F)(F)C(F)(F)C(=O)Nc1ccc(Cl)cc1. The Hall–Kier alpha value is -2.32. The van der Waals surface area contributed by atoms with Gasteiger partial charge >= 0.3 is 23.7 Å². The number of alkyl halides is 4. The summed E-state index contributed by atoms with van der Waals surface area (Å²) in [6.07, 6.45) is 0. The van der Waals surface area contributed by atoms with E-state index in [1.54, 1.807) is 10.6 Å². The van der Waals surface area contributed by atoms with E-state index < -0.39 is 23.7 Å². The number of amides is 2. The average molecular weight is 409 g/mol. The molecular weight excluding hydrogens is 399 g/mol. The Balaban J connectivity index is 2.15. The minimum atomic E-state index is -5.30. The van der Waals surface area contributed by atoms with E-state index in [2.05, 4.69) is 0 Å². The van der Waals surface area contributed by atoms with E-state index in [0.717, 1.165) is 24.3 Å². The van der Waals surface area contributed by atoms with Crippen molar-refractivity contribution in [1.82, 2.24) is 0 Å². The molecule has 0 aliphatic rings. The van der Waals surface area contributed by atoms with Gasteiger partial charge in [0.2, 0.25) is 0 Å². The van der Waals surface area contributed by atoms with Crippen LogP contribution in [0.5, 0.6) is 0 Å². The summed E-state index contributed by atoms with van der Waals surface area (Å²) in [5.41, 5.74) is -0.374. The number of hydrogen-bond donors (Lipinski definition) is 2.